The predicted octanol–water partition coefficient (Wildman–Crippen LogP) is 3.23. The van der Waals surface area contributed by atoms with E-state index in [0.29, 0.717) is 17.1 Å². The van der Waals surface area contributed by atoms with Crippen LogP contribution in [0.2, 0.25) is 0 Å². The lowest BCUT2D eigenvalue weighted by atomic mass is 10.1. The predicted molar refractivity (Wildman–Crippen MR) is 98.6 cm³/mol. The minimum atomic E-state index is -0.459. The molecule has 0 spiro atoms. The van der Waals surface area contributed by atoms with Gasteiger partial charge in [-0.05, 0) is 42.5 Å². The minimum absolute atomic E-state index is 0.117. The van der Waals surface area contributed by atoms with Crippen LogP contribution in [0.15, 0.2) is 47.4 Å². The van der Waals surface area contributed by atoms with E-state index in [1.165, 1.54) is 26.0 Å². The van der Waals surface area contributed by atoms with Crippen molar-refractivity contribution in [2.24, 2.45) is 0 Å². The standard InChI is InChI=1S/C19H20O6S/c1-22-14-5-7-15(8-6-14)26-12-19(21)25-11-16(20)13-4-9-17(23-2)18(10-13)24-3/h4-10H,11-12H2,1-3H3. The van der Waals surface area contributed by atoms with E-state index in [9.17, 15) is 9.59 Å². The second-order valence-electron chi connectivity index (χ2n) is 5.12. The smallest absolute Gasteiger partial charge is 0.316 e. The molecule has 0 unspecified atom stereocenters. The molecule has 0 aromatic heterocycles. The van der Waals surface area contributed by atoms with Gasteiger partial charge in [-0.2, -0.15) is 0 Å². The van der Waals surface area contributed by atoms with Gasteiger partial charge in [0, 0.05) is 10.5 Å². The monoisotopic (exact) mass is 376 g/mol. The van der Waals surface area contributed by atoms with Gasteiger partial charge in [-0.25, -0.2) is 0 Å². The Morgan fingerprint density at radius 1 is 0.885 bits per heavy atom. The molecular weight excluding hydrogens is 356 g/mol. The van der Waals surface area contributed by atoms with E-state index in [1.807, 2.05) is 24.3 Å². The summed E-state index contributed by atoms with van der Waals surface area (Å²) in [6.45, 7) is -0.322. The molecule has 0 aliphatic heterocycles. The summed E-state index contributed by atoms with van der Waals surface area (Å²) in [7, 11) is 4.60. The largest absolute Gasteiger partial charge is 0.497 e. The maximum atomic E-state index is 12.2. The molecule has 7 heteroatoms. The van der Waals surface area contributed by atoms with Crippen LogP contribution in [-0.2, 0) is 9.53 Å². The van der Waals surface area contributed by atoms with Gasteiger partial charge < -0.3 is 18.9 Å². The SMILES string of the molecule is COc1ccc(SCC(=O)OCC(=O)c2ccc(OC)c(OC)c2)cc1. The third-order valence-electron chi connectivity index (χ3n) is 3.49. The molecule has 0 radical (unpaired) electrons. The number of thioether (sulfide) groups is 1. The highest BCUT2D eigenvalue weighted by Gasteiger charge is 2.13. The summed E-state index contributed by atoms with van der Waals surface area (Å²) in [5, 5.41) is 0. The van der Waals surface area contributed by atoms with Crippen LogP contribution in [0, 0.1) is 0 Å². The molecule has 6 nitrogen and oxygen atoms in total. The number of rotatable bonds is 9. The number of ketones is 1. The minimum Gasteiger partial charge on any atom is -0.497 e. The van der Waals surface area contributed by atoms with E-state index >= 15 is 0 Å². The molecule has 0 atom stereocenters. The Bertz CT molecular complexity index is 757. The second kappa shape index (κ2) is 9.72. The molecule has 0 amide bonds. The summed E-state index contributed by atoms with van der Waals surface area (Å²) in [5.74, 6) is 1.06. The number of esters is 1. The fourth-order valence-corrected chi connectivity index (χ4v) is 2.79. The average molecular weight is 376 g/mol. The lowest BCUT2D eigenvalue weighted by Crippen LogP contribution is -2.15. The van der Waals surface area contributed by atoms with Crippen molar-refractivity contribution in [2.75, 3.05) is 33.7 Å². The zero-order chi connectivity index (χ0) is 18.9. The molecule has 0 fully saturated rings. The van der Waals surface area contributed by atoms with E-state index in [1.54, 1.807) is 25.3 Å². The number of hydrogen-bond donors (Lipinski definition) is 0. The molecule has 0 bridgehead atoms. The molecule has 138 valence electrons. The number of methoxy groups -OCH3 is 3. The maximum absolute atomic E-state index is 12.2. The van der Waals surface area contributed by atoms with Gasteiger partial charge in [-0.15, -0.1) is 11.8 Å². The van der Waals surface area contributed by atoms with Crippen LogP contribution in [0.25, 0.3) is 0 Å². The third kappa shape index (κ3) is 5.42. The van der Waals surface area contributed by atoms with Crippen LogP contribution in [0.5, 0.6) is 17.2 Å². The molecule has 26 heavy (non-hydrogen) atoms. The van der Waals surface area contributed by atoms with Crippen molar-refractivity contribution in [2.45, 2.75) is 4.90 Å². The van der Waals surface area contributed by atoms with Gasteiger partial charge in [-0.3, -0.25) is 9.59 Å². The molecule has 2 rings (SSSR count). The van der Waals surface area contributed by atoms with Gasteiger partial charge in [0.1, 0.15) is 5.75 Å². The zero-order valence-electron chi connectivity index (χ0n) is 14.8. The normalized spacial score (nSPS) is 10.1. The van der Waals surface area contributed by atoms with E-state index in [-0.39, 0.29) is 18.1 Å². The van der Waals surface area contributed by atoms with E-state index in [2.05, 4.69) is 0 Å². The van der Waals surface area contributed by atoms with Crippen molar-refractivity contribution in [1.29, 1.82) is 0 Å². The Morgan fingerprint density at radius 2 is 1.58 bits per heavy atom. The van der Waals surface area contributed by atoms with Crippen LogP contribution in [0.3, 0.4) is 0 Å². The first kappa shape index (κ1) is 19.7. The number of benzene rings is 2. The van der Waals surface area contributed by atoms with Gasteiger partial charge >= 0.3 is 5.97 Å². The van der Waals surface area contributed by atoms with Crippen LogP contribution in [0.1, 0.15) is 10.4 Å². The Balaban J connectivity index is 1.83. The molecule has 0 aliphatic rings. The quantitative estimate of drug-likeness (QED) is 0.378. The van der Waals surface area contributed by atoms with E-state index < -0.39 is 5.97 Å². The fourth-order valence-electron chi connectivity index (χ4n) is 2.09. The Morgan fingerprint density at radius 3 is 2.19 bits per heavy atom. The van der Waals surface area contributed by atoms with Gasteiger partial charge in [-0.1, -0.05) is 0 Å². The van der Waals surface area contributed by atoms with Crippen molar-refractivity contribution in [1.82, 2.24) is 0 Å². The van der Waals surface area contributed by atoms with Crippen molar-refractivity contribution in [3.8, 4) is 17.2 Å². The summed E-state index contributed by atoms with van der Waals surface area (Å²) in [4.78, 5) is 24.9. The highest BCUT2D eigenvalue weighted by atomic mass is 32.2. The summed E-state index contributed by atoms with van der Waals surface area (Å²) in [6.07, 6.45) is 0. The van der Waals surface area contributed by atoms with Gasteiger partial charge in [0.15, 0.2) is 23.9 Å². The first-order valence-electron chi connectivity index (χ1n) is 7.75. The zero-order valence-corrected chi connectivity index (χ0v) is 15.6. The van der Waals surface area contributed by atoms with E-state index in [0.717, 1.165) is 10.6 Å². The number of hydrogen-bond acceptors (Lipinski definition) is 7. The molecule has 0 saturated heterocycles. The van der Waals surface area contributed by atoms with Crippen molar-refractivity contribution >= 4 is 23.5 Å². The summed E-state index contributed by atoms with van der Waals surface area (Å²) in [6, 6.07) is 12.1. The molecule has 0 heterocycles. The average Bonchev–Trinajstić information content (AvgIpc) is 2.70. The van der Waals surface area contributed by atoms with Crippen molar-refractivity contribution < 1.29 is 28.5 Å². The maximum Gasteiger partial charge on any atom is 0.316 e. The highest BCUT2D eigenvalue weighted by molar-refractivity contribution is 8.00. The lowest BCUT2D eigenvalue weighted by Gasteiger charge is -2.09. The first-order valence-corrected chi connectivity index (χ1v) is 8.73. The third-order valence-corrected chi connectivity index (χ3v) is 4.47. The lowest BCUT2D eigenvalue weighted by molar-refractivity contribution is -0.139. The summed E-state index contributed by atoms with van der Waals surface area (Å²) < 4.78 is 20.4. The van der Waals surface area contributed by atoms with Crippen molar-refractivity contribution in [3.05, 3.63) is 48.0 Å². The van der Waals surface area contributed by atoms with Crippen molar-refractivity contribution in [3.63, 3.8) is 0 Å². The highest BCUT2D eigenvalue weighted by Crippen LogP contribution is 2.27. The van der Waals surface area contributed by atoms with Gasteiger partial charge in [0.25, 0.3) is 0 Å². The number of Topliss-reactive ketones (excluding diaryl/α,β-unsaturated/α-hetero) is 1. The number of carbonyl (C=O) groups excluding carboxylic acids is 2. The molecular formula is C19H20O6S. The summed E-state index contributed by atoms with van der Waals surface area (Å²) >= 11 is 1.33. The molecule has 0 aliphatic carbocycles. The Labute approximate surface area is 156 Å². The second-order valence-corrected chi connectivity index (χ2v) is 6.17. The Kier molecular flexibility index (Phi) is 7.35. The molecule has 0 N–H and O–H groups in total. The summed E-state index contributed by atoms with van der Waals surface area (Å²) in [5.41, 5.74) is 0.387. The van der Waals surface area contributed by atoms with Crippen LogP contribution < -0.4 is 14.2 Å². The molecule has 0 saturated carbocycles. The molecule has 2 aromatic rings. The van der Waals surface area contributed by atoms with Crippen LogP contribution in [0.4, 0.5) is 0 Å². The van der Waals surface area contributed by atoms with E-state index in [4.69, 9.17) is 18.9 Å². The fraction of sp³-hybridized carbons (Fsp3) is 0.263. The topological polar surface area (TPSA) is 71.1 Å². The van der Waals surface area contributed by atoms with Crippen LogP contribution >= 0.6 is 11.8 Å². The number of ether oxygens (including phenoxy) is 4. The van der Waals surface area contributed by atoms with Gasteiger partial charge in [0.2, 0.25) is 0 Å². The Hall–Kier alpha value is -2.67. The van der Waals surface area contributed by atoms with Crippen LogP contribution in [-0.4, -0.2) is 45.4 Å². The van der Waals surface area contributed by atoms with Gasteiger partial charge in [0.05, 0.1) is 27.1 Å². The first-order chi connectivity index (χ1) is 12.6. The molecule has 2 aromatic carbocycles. The number of carbonyl (C=O) groups is 2.